The van der Waals surface area contributed by atoms with Gasteiger partial charge in [0.25, 0.3) is 10.0 Å². The molecule has 0 aliphatic carbocycles. The van der Waals surface area contributed by atoms with Crippen molar-refractivity contribution in [1.82, 2.24) is 9.78 Å². The Kier molecular flexibility index (Phi) is 3.82. The second-order valence-electron chi connectivity index (χ2n) is 5.98. The van der Waals surface area contributed by atoms with Gasteiger partial charge in [-0.15, -0.1) is 0 Å². The number of anilines is 1. The molecular weight excluding hydrogens is 338 g/mol. The van der Waals surface area contributed by atoms with Gasteiger partial charge in [-0.1, -0.05) is 36.4 Å². The van der Waals surface area contributed by atoms with Crippen LogP contribution in [0.4, 0.5) is 5.69 Å². The summed E-state index contributed by atoms with van der Waals surface area (Å²) in [5, 5.41) is 14.3. The van der Waals surface area contributed by atoms with Gasteiger partial charge in [0.2, 0.25) is 0 Å². The van der Waals surface area contributed by atoms with Crippen molar-refractivity contribution in [3.05, 3.63) is 72.6 Å². The predicted octanol–water partition coefficient (Wildman–Crippen LogP) is 1.98. The smallest absolute Gasteiger partial charge is 0.267 e. The summed E-state index contributed by atoms with van der Waals surface area (Å²) in [6.45, 7) is 0.0376. The van der Waals surface area contributed by atoms with Gasteiger partial charge in [0.1, 0.15) is 4.90 Å². The molecule has 1 atom stereocenters. The molecule has 0 saturated heterocycles. The summed E-state index contributed by atoms with van der Waals surface area (Å²) in [5.41, 5.74) is 2.21. The van der Waals surface area contributed by atoms with E-state index in [4.69, 9.17) is 0 Å². The third-order valence-electron chi connectivity index (χ3n) is 4.26. The Bertz CT molecular complexity index is 999. The van der Waals surface area contributed by atoms with Crippen molar-refractivity contribution in [2.75, 3.05) is 10.8 Å². The molecule has 25 heavy (non-hydrogen) atoms. The lowest BCUT2D eigenvalue weighted by Crippen LogP contribution is -2.42. The Morgan fingerprint density at radius 1 is 1.04 bits per heavy atom. The summed E-state index contributed by atoms with van der Waals surface area (Å²) in [5.74, 6) is 0. The number of nitrogens with zero attached hydrogens (tertiary/aromatic N) is 3. The van der Waals surface area contributed by atoms with Gasteiger partial charge in [0, 0.05) is 6.42 Å². The number of β-amino-alcohol motifs (C(OH)–C–C–N with tert-alkyl or cyclic N) is 1. The number of benzene rings is 2. The average molecular weight is 355 g/mol. The van der Waals surface area contributed by atoms with E-state index < -0.39 is 16.1 Å². The maximum atomic E-state index is 13.1. The van der Waals surface area contributed by atoms with Crippen molar-refractivity contribution in [1.29, 1.82) is 0 Å². The predicted molar refractivity (Wildman–Crippen MR) is 94.2 cm³/mol. The highest BCUT2D eigenvalue weighted by Gasteiger charge is 2.33. The third kappa shape index (κ3) is 2.81. The Balaban J connectivity index is 1.75. The first-order valence-electron chi connectivity index (χ1n) is 7.94. The summed E-state index contributed by atoms with van der Waals surface area (Å²) in [4.78, 5) is 0.0975. The van der Waals surface area contributed by atoms with Crippen LogP contribution in [0.5, 0.6) is 0 Å². The van der Waals surface area contributed by atoms with Crippen LogP contribution in [-0.2, 0) is 16.4 Å². The molecule has 0 fully saturated rings. The molecule has 1 unspecified atom stereocenters. The standard InChI is InChI=1S/C18H17N3O3S/c22-16-10-14-6-4-5-9-18(14)21(12-16)25(23,24)17-11-19-20(13-17)15-7-2-1-3-8-15/h1-9,11,13,16,22H,10,12H2. The highest BCUT2D eigenvalue weighted by molar-refractivity contribution is 7.92. The largest absolute Gasteiger partial charge is 0.391 e. The number of sulfonamides is 1. The van der Waals surface area contributed by atoms with E-state index in [9.17, 15) is 13.5 Å². The lowest BCUT2D eigenvalue weighted by atomic mass is 10.0. The fourth-order valence-corrected chi connectivity index (χ4v) is 4.52. The van der Waals surface area contributed by atoms with Crippen LogP contribution in [-0.4, -0.2) is 36.0 Å². The van der Waals surface area contributed by atoms with Crippen molar-refractivity contribution < 1.29 is 13.5 Å². The van der Waals surface area contributed by atoms with Crippen LogP contribution >= 0.6 is 0 Å². The minimum Gasteiger partial charge on any atom is -0.391 e. The monoisotopic (exact) mass is 355 g/mol. The number of aliphatic hydroxyl groups excluding tert-OH is 1. The summed E-state index contributed by atoms with van der Waals surface area (Å²) in [6, 6.07) is 16.6. The van der Waals surface area contributed by atoms with Crippen LogP contribution in [0.25, 0.3) is 5.69 Å². The Labute approximate surface area is 146 Å². The van der Waals surface area contributed by atoms with Crippen LogP contribution in [0.2, 0.25) is 0 Å². The molecule has 128 valence electrons. The maximum absolute atomic E-state index is 13.1. The lowest BCUT2D eigenvalue weighted by Gasteiger charge is -2.32. The minimum atomic E-state index is -3.81. The molecule has 0 amide bonds. The van der Waals surface area contributed by atoms with Crippen molar-refractivity contribution in [2.45, 2.75) is 17.4 Å². The summed E-state index contributed by atoms with van der Waals surface area (Å²) in [6.07, 6.45) is 2.56. The molecule has 1 N–H and O–H groups in total. The molecule has 1 aromatic heterocycles. The van der Waals surface area contributed by atoms with Crippen molar-refractivity contribution >= 4 is 15.7 Å². The number of hydrogen-bond acceptors (Lipinski definition) is 4. The quantitative estimate of drug-likeness (QED) is 0.780. The fourth-order valence-electron chi connectivity index (χ4n) is 3.05. The Morgan fingerprint density at radius 3 is 2.56 bits per heavy atom. The van der Waals surface area contributed by atoms with Crippen molar-refractivity contribution in [3.63, 3.8) is 0 Å². The zero-order chi connectivity index (χ0) is 17.4. The zero-order valence-electron chi connectivity index (χ0n) is 13.4. The van der Waals surface area contributed by atoms with E-state index >= 15 is 0 Å². The summed E-state index contributed by atoms with van der Waals surface area (Å²) in [7, 11) is -3.81. The molecule has 4 rings (SSSR count). The molecule has 3 aromatic rings. The molecule has 0 spiro atoms. The van der Waals surface area contributed by atoms with Gasteiger partial charge in [-0.05, 0) is 23.8 Å². The van der Waals surface area contributed by atoms with Crippen LogP contribution < -0.4 is 4.31 Å². The number of rotatable bonds is 3. The van der Waals surface area contributed by atoms with Crippen molar-refractivity contribution in [2.24, 2.45) is 0 Å². The zero-order valence-corrected chi connectivity index (χ0v) is 14.2. The second kappa shape index (κ2) is 6.02. The van der Waals surface area contributed by atoms with Crippen LogP contribution in [0.15, 0.2) is 71.9 Å². The summed E-state index contributed by atoms with van der Waals surface area (Å²) >= 11 is 0. The highest BCUT2D eigenvalue weighted by Crippen LogP contribution is 2.31. The molecule has 7 heteroatoms. The Morgan fingerprint density at radius 2 is 1.76 bits per heavy atom. The molecule has 1 aliphatic heterocycles. The van der Waals surface area contributed by atoms with Gasteiger partial charge in [0.15, 0.2) is 0 Å². The highest BCUT2D eigenvalue weighted by atomic mass is 32.2. The number of aromatic nitrogens is 2. The SMILES string of the molecule is O=S(=O)(c1cnn(-c2ccccc2)c1)N1CC(O)Cc2ccccc21. The van der Waals surface area contributed by atoms with Crippen molar-refractivity contribution in [3.8, 4) is 5.69 Å². The normalized spacial score (nSPS) is 17.3. The number of para-hydroxylation sites is 2. The van der Waals surface area contributed by atoms with Gasteiger partial charge in [-0.25, -0.2) is 13.1 Å². The molecule has 0 radical (unpaired) electrons. The maximum Gasteiger partial charge on any atom is 0.267 e. The van der Waals surface area contributed by atoms with Gasteiger partial charge in [-0.2, -0.15) is 5.10 Å². The van der Waals surface area contributed by atoms with E-state index in [0.29, 0.717) is 12.1 Å². The van der Waals surface area contributed by atoms with Gasteiger partial charge < -0.3 is 5.11 Å². The number of aliphatic hydroxyl groups is 1. The molecule has 0 bridgehead atoms. The summed E-state index contributed by atoms with van der Waals surface area (Å²) < 4.78 is 29.0. The van der Waals surface area contributed by atoms with E-state index in [-0.39, 0.29) is 11.4 Å². The van der Waals surface area contributed by atoms with Crippen LogP contribution in [0.3, 0.4) is 0 Å². The first kappa shape index (κ1) is 15.9. The number of hydrogen-bond donors (Lipinski definition) is 1. The topological polar surface area (TPSA) is 75.4 Å². The van der Waals surface area contributed by atoms with Gasteiger partial charge in [-0.3, -0.25) is 4.31 Å². The van der Waals surface area contributed by atoms with E-state index in [1.165, 1.54) is 21.4 Å². The lowest BCUT2D eigenvalue weighted by molar-refractivity contribution is 0.180. The average Bonchev–Trinajstić information content (AvgIpc) is 3.13. The van der Waals surface area contributed by atoms with E-state index in [0.717, 1.165) is 11.3 Å². The molecule has 2 aromatic carbocycles. The molecule has 1 aliphatic rings. The molecular formula is C18H17N3O3S. The second-order valence-corrected chi connectivity index (χ2v) is 7.84. The van der Waals surface area contributed by atoms with Crippen LogP contribution in [0.1, 0.15) is 5.56 Å². The Hall–Kier alpha value is -2.64. The minimum absolute atomic E-state index is 0.0376. The molecule has 0 saturated carbocycles. The van der Waals surface area contributed by atoms with E-state index in [2.05, 4.69) is 5.10 Å². The third-order valence-corrected chi connectivity index (χ3v) is 5.99. The molecule has 2 heterocycles. The number of fused-ring (bicyclic) bond motifs is 1. The van der Waals surface area contributed by atoms with E-state index in [1.807, 2.05) is 42.5 Å². The van der Waals surface area contributed by atoms with Gasteiger partial charge in [0.05, 0.1) is 36.4 Å². The fraction of sp³-hybridized carbons (Fsp3) is 0.167. The first-order valence-corrected chi connectivity index (χ1v) is 9.38. The molecule has 6 nitrogen and oxygen atoms in total. The first-order chi connectivity index (χ1) is 12.1. The van der Waals surface area contributed by atoms with E-state index in [1.54, 1.807) is 12.1 Å². The van der Waals surface area contributed by atoms with Gasteiger partial charge >= 0.3 is 0 Å². The van der Waals surface area contributed by atoms with Crippen LogP contribution in [0, 0.1) is 0 Å².